The number of hydrogen-bond donors (Lipinski definition) is 1. The summed E-state index contributed by atoms with van der Waals surface area (Å²) in [5.41, 5.74) is 4.49. The maximum atomic E-state index is 13.6. The minimum Gasteiger partial charge on any atom is -0.478 e. The number of alkyl halides is 3. The number of hydrogen-bond acceptors (Lipinski definition) is 8. The minimum atomic E-state index is -4.71. The first-order valence-corrected chi connectivity index (χ1v) is 10.4. The first-order chi connectivity index (χ1) is 15.5. The van der Waals surface area contributed by atoms with Crippen molar-refractivity contribution in [2.45, 2.75) is 32.4 Å². The molecule has 0 atom stereocenters. The number of aromatic nitrogens is 2. The molecule has 2 aromatic heterocycles. The molecule has 0 aromatic carbocycles. The molecule has 1 aliphatic rings. The van der Waals surface area contributed by atoms with Gasteiger partial charge in [-0.2, -0.15) is 13.2 Å². The Bertz CT molecular complexity index is 1030. The molecule has 33 heavy (non-hydrogen) atoms. The molecule has 0 saturated heterocycles. The molecule has 0 amide bonds. The summed E-state index contributed by atoms with van der Waals surface area (Å²) < 4.78 is 51.0. The van der Waals surface area contributed by atoms with Gasteiger partial charge in [0.1, 0.15) is 11.3 Å². The number of anilines is 2. The molecule has 2 heterocycles. The van der Waals surface area contributed by atoms with Gasteiger partial charge < -0.3 is 20.1 Å². The van der Waals surface area contributed by atoms with Crippen LogP contribution in [0.4, 0.5) is 30.4 Å². The second kappa shape index (κ2) is 9.38. The van der Waals surface area contributed by atoms with E-state index in [1.54, 1.807) is 26.0 Å². The van der Waals surface area contributed by atoms with Crippen LogP contribution in [0.25, 0.3) is 11.3 Å². The van der Waals surface area contributed by atoms with E-state index in [1.165, 1.54) is 12.3 Å². The number of pyridine rings is 2. The molecule has 180 valence electrons. The van der Waals surface area contributed by atoms with Crippen molar-refractivity contribution in [2.24, 2.45) is 5.41 Å². The average Bonchev–Trinajstić information content (AvgIpc) is 2.71. The van der Waals surface area contributed by atoms with Gasteiger partial charge in [-0.15, -0.1) is 0 Å². The number of methoxy groups -OCH3 is 1. The lowest BCUT2D eigenvalue weighted by Gasteiger charge is -2.44. The molecule has 1 saturated carbocycles. The molecule has 2 aromatic rings. The molecule has 0 radical (unpaired) electrons. The largest absolute Gasteiger partial charge is 0.478 e. The number of rotatable bonds is 9. The summed E-state index contributed by atoms with van der Waals surface area (Å²) in [4.78, 5) is 20.6. The van der Waals surface area contributed by atoms with Gasteiger partial charge in [0.05, 0.1) is 23.8 Å². The molecule has 1 fully saturated rings. The van der Waals surface area contributed by atoms with Gasteiger partial charge >= 0.3 is 11.9 Å². The minimum absolute atomic E-state index is 0.0102. The van der Waals surface area contributed by atoms with Gasteiger partial charge in [-0.1, -0.05) is 6.42 Å². The normalized spacial score (nSPS) is 15.1. The van der Waals surface area contributed by atoms with Crippen molar-refractivity contribution in [1.29, 1.82) is 0 Å². The zero-order chi connectivity index (χ0) is 24.4. The van der Waals surface area contributed by atoms with Crippen LogP contribution in [0.2, 0.25) is 0 Å². The van der Waals surface area contributed by atoms with Gasteiger partial charge in [-0.05, 0) is 31.9 Å². The second-order valence-corrected chi connectivity index (χ2v) is 8.17. The summed E-state index contributed by atoms with van der Waals surface area (Å²) in [7, 11) is 3.28. The van der Waals surface area contributed by atoms with Gasteiger partial charge in [0.25, 0.3) is 0 Å². The second-order valence-electron chi connectivity index (χ2n) is 8.17. The number of nitrogens with two attached hydrogens (primary N) is 1. The van der Waals surface area contributed by atoms with Gasteiger partial charge in [0.15, 0.2) is 0 Å². The quantitative estimate of drug-likeness (QED) is 0.427. The van der Waals surface area contributed by atoms with Gasteiger partial charge in [-0.3, -0.25) is 10.1 Å². The van der Waals surface area contributed by atoms with E-state index in [0.717, 1.165) is 25.3 Å². The third-order valence-electron chi connectivity index (χ3n) is 5.76. The molecule has 0 aliphatic heterocycles. The fourth-order valence-electron chi connectivity index (χ4n) is 4.14. The Balaban J connectivity index is 2.08. The van der Waals surface area contributed by atoms with Crippen molar-refractivity contribution in [2.75, 3.05) is 44.5 Å². The van der Waals surface area contributed by atoms with Crippen molar-refractivity contribution in [3.63, 3.8) is 0 Å². The van der Waals surface area contributed by atoms with Crippen LogP contribution in [-0.2, 0) is 10.9 Å². The molecular formula is C21H26F3N5O4. The van der Waals surface area contributed by atoms with E-state index < -0.39 is 34.0 Å². The molecule has 0 spiro atoms. The highest BCUT2D eigenvalue weighted by Crippen LogP contribution is 2.44. The Morgan fingerprint density at radius 3 is 2.55 bits per heavy atom. The predicted molar refractivity (Wildman–Crippen MR) is 116 cm³/mol. The van der Waals surface area contributed by atoms with Crippen molar-refractivity contribution in [1.82, 2.24) is 9.97 Å². The first kappa shape index (κ1) is 24.5. The van der Waals surface area contributed by atoms with E-state index in [2.05, 4.69) is 9.97 Å². The molecule has 1 aliphatic carbocycles. The zero-order valence-electron chi connectivity index (χ0n) is 18.6. The number of nitrogens with zero attached hydrogens (tertiary/aromatic N) is 4. The van der Waals surface area contributed by atoms with Crippen LogP contribution >= 0.6 is 0 Å². The maximum absolute atomic E-state index is 13.6. The van der Waals surface area contributed by atoms with E-state index in [0.29, 0.717) is 13.2 Å². The Morgan fingerprint density at radius 2 is 2.03 bits per heavy atom. The van der Waals surface area contributed by atoms with E-state index in [4.69, 9.17) is 15.2 Å². The highest BCUT2D eigenvalue weighted by molar-refractivity contribution is 5.79. The highest BCUT2D eigenvalue weighted by atomic mass is 19.4. The van der Waals surface area contributed by atoms with Crippen LogP contribution < -0.4 is 15.4 Å². The first-order valence-electron chi connectivity index (χ1n) is 10.4. The number of ether oxygens (including phenoxy) is 2. The van der Waals surface area contributed by atoms with E-state index in [1.807, 2.05) is 0 Å². The Hall–Kier alpha value is -3.15. The van der Waals surface area contributed by atoms with Crippen molar-refractivity contribution < 1.29 is 27.6 Å². The van der Waals surface area contributed by atoms with Crippen LogP contribution in [-0.4, -0.2) is 48.8 Å². The van der Waals surface area contributed by atoms with Crippen LogP contribution in [0.15, 0.2) is 18.3 Å². The molecule has 3 rings (SSSR count). The number of halogens is 3. The zero-order valence-corrected chi connectivity index (χ0v) is 18.6. The summed E-state index contributed by atoms with van der Waals surface area (Å²) in [5, 5.41) is 11.7. The Kier molecular flexibility index (Phi) is 6.96. The monoisotopic (exact) mass is 469 g/mol. The maximum Gasteiger partial charge on any atom is 0.421 e. The van der Waals surface area contributed by atoms with Crippen molar-refractivity contribution in [3.05, 3.63) is 34.0 Å². The smallest absolute Gasteiger partial charge is 0.421 e. The van der Waals surface area contributed by atoms with Crippen LogP contribution in [0, 0.1) is 15.5 Å². The highest BCUT2D eigenvalue weighted by Gasteiger charge is 2.40. The molecule has 9 nitrogen and oxygen atoms in total. The SMILES string of the molecule is CCOc1ncc(-c2cc(N(C)CC3(COC)CCC3)c([N+](=O)[O-])c(N)n2)cc1C(F)(F)F. The van der Waals surface area contributed by atoms with Gasteiger partial charge in [0.2, 0.25) is 11.7 Å². The third kappa shape index (κ3) is 5.10. The van der Waals surface area contributed by atoms with Crippen LogP contribution in [0.1, 0.15) is 31.7 Å². The summed E-state index contributed by atoms with van der Waals surface area (Å²) in [6, 6.07) is 2.22. The fourth-order valence-corrected chi connectivity index (χ4v) is 4.14. The lowest BCUT2D eigenvalue weighted by molar-refractivity contribution is -0.383. The Labute approximate surface area is 188 Å². The molecule has 0 unspecified atom stereocenters. The third-order valence-corrected chi connectivity index (χ3v) is 5.76. The van der Waals surface area contributed by atoms with E-state index >= 15 is 0 Å². The molecular weight excluding hydrogens is 443 g/mol. The van der Waals surface area contributed by atoms with E-state index in [-0.39, 0.29) is 29.0 Å². The average molecular weight is 469 g/mol. The molecule has 2 N–H and O–H groups in total. The molecule has 0 bridgehead atoms. The summed E-state index contributed by atoms with van der Waals surface area (Å²) >= 11 is 0. The van der Waals surface area contributed by atoms with Crippen molar-refractivity contribution >= 4 is 17.2 Å². The number of nitro groups is 1. The summed E-state index contributed by atoms with van der Waals surface area (Å²) in [6.45, 7) is 2.52. The van der Waals surface area contributed by atoms with Crippen LogP contribution in [0.3, 0.4) is 0 Å². The van der Waals surface area contributed by atoms with E-state index in [9.17, 15) is 23.3 Å². The predicted octanol–water partition coefficient (Wildman–Crippen LogP) is 4.30. The topological polar surface area (TPSA) is 117 Å². The Morgan fingerprint density at radius 1 is 1.33 bits per heavy atom. The van der Waals surface area contributed by atoms with Crippen LogP contribution in [0.5, 0.6) is 5.88 Å². The molecule has 12 heteroatoms. The standard InChI is InChI=1S/C21H26F3N5O4/c1-4-33-19-14(21(22,23)24)8-13(10-26-19)15-9-16(17(29(30)31)18(25)27-15)28(2)11-20(12-32-3)6-5-7-20/h8-10H,4-7,11-12H2,1-3H3,(H2,25,27). The lowest BCUT2D eigenvalue weighted by Crippen LogP contribution is -2.44. The van der Waals surface area contributed by atoms with Crippen molar-refractivity contribution in [3.8, 4) is 17.1 Å². The van der Waals surface area contributed by atoms with Gasteiger partial charge in [-0.25, -0.2) is 9.97 Å². The summed E-state index contributed by atoms with van der Waals surface area (Å²) in [5.74, 6) is -0.941. The fraction of sp³-hybridized carbons (Fsp3) is 0.524. The number of nitrogen functional groups attached to an aromatic ring is 1. The lowest BCUT2D eigenvalue weighted by atomic mass is 9.69. The summed E-state index contributed by atoms with van der Waals surface area (Å²) in [6.07, 6.45) is -0.693. The van der Waals surface area contributed by atoms with Gasteiger partial charge in [0, 0.05) is 37.9 Å².